The molecule has 3 nitrogen and oxygen atoms in total. The normalized spacial score (nSPS) is 18.0. The van der Waals surface area contributed by atoms with Gasteiger partial charge >= 0.3 is 0 Å². The quantitative estimate of drug-likeness (QED) is 0.809. The van der Waals surface area contributed by atoms with Crippen molar-refractivity contribution in [1.29, 1.82) is 0 Å². The van der Waals surface area contributed by atoms with E-state index in [-0.39, 0.29) is 5.91 Å². The van der Waals surface area contributed by atoms with E-state index in [1.807, 2.05) is 41.3 Å². The molecule has 1 atom stereocenters. The molecule has 114 valence electrons. The first-order valence-corrected chi connectivity index (χ1v) is 8.85. The van der Waals surface area contributed by atoms with Crippen LogP contribution in [0.3, 0.4) is 0 Å². The SMILES string of the molecule is O=C(/C=C/c1ccc(Br)s1)N1CCC(Nc2ccccc2)C1. The zero-order valence-corrected chi connectivity index (χ0v) is 14.4. The number of amides is 1. The van der Waals surface area contributed by atoms with Gasteiger partial charge in [-0.1, -0.05) is 18.2 Å². The van der Waals surface area contributed by atoms with Gasteiger partial charge in [0.1, 0.15) is 0 Å². The number of anilines is 1. The third-order valence-electron chi connectivity index (χ3n) is 3.63. The molecule has 0 aliphatic carbocycles. The number of hydrogen-bond acceptors (Lipinski definition) is 3. The molecule has 0 saturated carbocycles. The highest BCUT2D eigenvalue weighted by Crippen LogP contribution is 2.23. The monoisotopic (exact) mass is 376 g/mol. The van der Waals surface area contributed by atoms with Crippen molar-refractivity contribution in [3.63, 3.8) is 0 Å². The number of halogens is 1. The van der Waals surface area contributed by atoms with Gasteiger partial charge in [0.05, 0.1) is 3.79 Å². The predicted molar refractivity (Wildman–Crippen MR) is 96.1 cm³/mol. The van der Waals surface area contributed by atoms with Crippen LogP contribution in [0.5, 0.6) is 0 Å². The van der Waals surface area contributed by atoms with E-state index in [0.29, 0.717) is 6.04 Å². The molecule has 1 aliphatic rings. The number of hydrogen-bond donors (Lipinski definition) is 1. The lowest BCUT2D eigenvalue weighted by Gasteiger charge is -2.16. The molecule has 0 bridgehead atoms. The Balaban J connectivity index is 1.53. The minimum Gasteiger partial charge on any atom is -0.380 e. The van der Waals surface area contributed by atoms with E-state index < -0.39 is 0 Å². The second-order valence-corrected chi connectivity index (χ2v) is 7.75. The highest BCUT2D eigenvalue weighted by molar-refractivity contribution is 9.11. The van der Waals surface area contributed by atoms with Crippen molar-refractivity contribution >= 4 is 44.9 Å². The molecule has 1 fully saturated rings. The number of carbonyl (C=O) groups is 1. The van der Waals surface area contributed by atoms with Crippen LogP contribution in [0, 0.1) is 0 Å². The standard InChI is InChI=1S/C17H17BrN2OS/c18-16-8-6-15(22-16)7-9-17(21)20-11-10-14(12-20)19-13-4-2-1-3-5-13/h1-9,14,19H,10-12H2/b9-7+. The van der Waals surface area contributed by atoms with Crippen LogP contribution in [0.25, 0.3) is 6.08 Å². The minimum atomic E-state index is 0.0851. The molecule has 1 aromatic heterocycles. The molecule has 1 saturated heterocycles. The van der Waals surface area contributed by atoms with Crippen LogP contribution in [0.15, 0.2) is 52.3 Å². The number of carbonyl (C=O) groups excluding carboxylic acids is 1. The van der Waals surface area contributed by atoms with E-state index in [1.165, 1.54) is 0 Å². The second kappa shape index (κ2) is 7.11. The molecule has 0 spiro atoms. The highest BCUT2D eigenvalue weighted by atomic mass is 79.9. The van der Waals surface area contributed by atoms with Crippen molar-refractivity contribution in [1.82, 2.24) is 4.90 Å². The number of benzene rings is 1. The molecule has 3 rings (SSSR count). The number of thiophene rings is 1. The summed E-state index contributed by atoms with van der Waals surface area (Å²) in [6, 6.07) is 14.5. The lowest BCUT2D eigenvalue weighted by Crippen LogP contribution is -2.30. The largest absolute Gasteiger partial charge is 0.380 e. The summed E-state index contributed by atoms with van der Waals surface area (Å²) < 4.78 is 1.08. The summed E-state index contributed by atoms with van der Waals surface area (Å²) in [5, 5.41) is 3.48. The van der Waals surface area contributed by atoms with E-state index in [4.69, 9.17) is 0 Å². The van der Waals surface area contributed by atoms with E-state index in [1.54, 1.807) is 17.4 Å². The molecular formula is C17H17BrN2OS. The van der Waals surface area contributed by atoms with Gasteiger partial charge in [-0.25, -0.2) is 0 Å². The highest BCUT2D eigenvalue weighted by Gasteiger charge is 2.24. The zero-order valence-electron chi connectivity index (χ0n) is 12.0. The average Bonchev–Trinajstić information content (AvgIpc) is 3.15. The maximum absolute atomic E-state index is 12.2. The Labute approximate surface area is 142 Å². The van der Waals surface area contributed by atoms with Crippen LogP contribution in [0.4, 0.5) is 5.69 Å². The second-order valence-electron chi connectivity index (χ2n) is 5.26. The zero-order chi connectivity index (χ0) is 15.4. The molecule has 0 radical (unpaired) electrons. The molecule has 22 heavy (non-hydrogen) atoms. The Morgan fingerprint density at radius 2 is 2.09 bits per heavy atom. The van der Waals surface area contributed by atoms with Crippen molar-refractivity contribution in [2.75, 3.05) is 18.4 Å². The van der Waals surface area contributed by atoms with Gasteiger partial charge in [-0.15, -0.1) is 11.3 Å². The summed E-state index contributed by atoms with van der Waals surface area (Å²) in [6.07, 6.45) is 4.54. The molecule has 1 amide bonds. The maximum Gasteiger partial charge on any atom is 0.246 e. The number of nitrogens with zero attached hydrogens (tertiary/aromatic N) is 1. The number of likely N-dealkylation sites (tertiary alicyclic amines) is 1. The van der Waals surface area contributed by atoms with Gasteiger partial charge < -0.3 is 10.2 Å². The van der Waals surface area contributed by atoms with Crippen LogP contribution < -0.4 is 5.32 Å². The summed E-state index contributed by atoms with van der Waals surface area (Å²) in [7, 11) is 0. The molecule has 1 aromatic carbocycles. The van der Waals surface area contributed by atoms with Gasteiger partial charge in [0, 0.05) is 35.8 Å². The lowest BCUT2D eigenvalue weighted by molar-refractivity contribution is -0.124. The van der Waals surface area contributed by atoms with Gasteiger partial charge in [-0.2, -0.15) is 0 Å². The van der Waals surface area contributed by atoms with Gasteiger partial charge in [0.25, 0.3) is 0 Å². The van der Waals surface area contributed by atoms with E-state index in [2.05, 4.69) is 33.4 Å². The first-order chi connectivity index (χ1) is 10.7. The average molecular weight is 377 g/mol. The van der Waals surface area contributed by atoms with Crippen LogP contribution in [0.2, 0.25) is 0 Å². The molecule has 1 aliphatic heterocycles. The van der Waals surface area contributed by atoms with E-state index >= 15 is 0 Å². The Bertz CT molecular complexity index is 668. The molecule has 1 N–H and O–H groups in total. The van der Waals surface area contributed by atoms with Crippen molar-refractivity contribution in [2.45, 2.75) is 12.5 Å². The van der Waals surface area contributed by atoms with Crippen LogP contribution in [0.1, 0.15) is 11.3 Å². The lowest BCUT2D eigenvalue weighted by atomic mass is 10.2. The fourth-order valence-corrected chi connectivity index (χ4v) is 3.85. The molecular weight excluding hydrogens is 360 g/mol. The van der Waals surface area contributed by atoms with Crippen molar-refractivity contribution in [2.24, 2.45) is 0 Å². The molecule has 1 unspecified atom stereocenters. The summed E-state index contributed by atoms with van der Waals surface area (Å²) in [5.74, 6) is 0.0851. The Kier molecular flexibility index (Phi) is 4.95. The maximum atomic E-state index is 12.2. The fourth-order valence-electron chi connectivity index (χ4n) is 2.53. The first kappa shape index (κ1) is 15.3. The summed E-state index contributed by atoms with van der Waals surface area (Å²) in [6.45, 7) is 1.56. The summed E-state index contributed by atoms with van der Waals surface area (Å²) in [5.41, 5.74) is 1.11. The van der Waals surface area contributed by atoms with Gasteiger partial charge in [0.15, 0.2) is 0 Å². The predicted octanol–water partition coefficient (Wildman–Crippen LogP) is 4.24. The van der Waals surface area contributed by atoms with E-state index in [0.717, 1.165) is 33.9 Å². The molecule has 2 heterocycles. The van der Waals surface area contributed by atoms with Crippen LogP contribution >= 0.6 is 27.3 Å². The summed E-state index contributed by atoms with van der Waals surface area (Å²) >= 11 is 5.05. The summed E-state index contributed by atoms with van der Waals surface area (Å²) in [4.78, 5) is 15.2. The fraction of sp³-hybridized carbons (Fsp3) is 0.235. The topological polar surface area (TPSA) is 32.3 Å². The third-order valence-corrected chi connectivity index (χ3v) is 5.22. The Morgan fingerprint density at radius 3 is 2.82 bits per heavy atom. The molecule has 5 heteroatoms. The smallest absolute Gasteiger partial charge is 0.246 e. The number of nitrogens with one attached hydrogen (secondary N) is 1. The van der Waals surface area contributed by atoms with Crippen molar-refractivity contribution in [3.05, 3.63) is 57.2 Å². The van der Waals surface area contributed by atoms with Crippen molar-refractivity contribution < 1.29 is 4.79 Å². The first-order valence-electron chi connectivity index (χ1n) is 7.24. The number of rotatable bonds is 4. The number of para-hydroxylation sites is 1. The van der Waals surface area contributed by atoms with Gasteiger partial charge in [-0.05, 0) is 52.7 Å². The van der Waals surface area contributed by atoms with Crippen molar-refractivity contribution in [3.8, 4) is 0 Å². The Hall–Kier alpha value is -1.59. The Morgan fingerprint density at radius 1 is 1.27 bits per heavy atom. The third kappa shape index (κ3) is 3.99. The van der Waals surface area contributed by atoms with Crippen LogP contribution in [-0.4, -0.2) is 29.9 Å². The molecule has 2 aromatic rings. The van der Waals surface area contributed by atoms with Gasteiger partial charge in [-0.3, -0.25) is 4.79 Å². The van der Waals surface area contributed by atoms with Gasteiger partial charge in [0.2, 0.25) is 5.91 Å². The minimum absolute atomic E-state index is 0.0851. The van der Waals surface area contributed by atoms with E-state index in [9.17, 15) is 4.79 Å². The van der Waals surface area contributed by atoms with Crippen LogP contribution in [-0.2, 0) is 4.79 Å².